The van der Waals surface area contributed by atoms with Crippen LogP contribution in [0.25, 0.3) is 0 Å². The number of anilines is 1. The summed E-state index contributed by atoms with van der Waals surface area (Å²) in [5, 5.41) is 0. The largest absolute Gasteiger partial charge is 0.398 e. The van der Waals surface area contributed by atoms with E-state index in [0.29, 0.717) is 0 Å². The van der Waals surface area contributed by atoms with E-state index in [0.717, 1.165) is 16.8 Å². The normalized spacial score (nSPS) is 9.56. The summed E-state index contributed by atoms with van der Waals surface area (Å²) in [5.41, 5.74) is 8.61. The maximum absolute atomic E-state index is 5.59. The quantitative estimate of drug-likeness (QED) is 0.518. The summed E-state index contributed by atoms with van der Waals surface area (Å²) in [6.07, 6.45) is 0. The molecule has 0 aliphatic carbocycles. The van der Waals surface area contributed by atoms with Crippen molar-refractivity contribution in [3.05, 3.63) is 29.3 Å². The van der Waals surface area contributed by atoms with Crippen LogP contribution in [0, 0.1) is 19.9 Å². The minimum absolute atomic E-state index is 0.829. The molecule has 0 fully saturated rings. The van der Waals surface area contributed by atoms with Gasteiger partial charge in [0.05, 0.1) is 0 Å². The fraction of sp³-hybridized carbons (Fsp3) is 0.250. The summed E-state index contributed by atoms with van der Waals surface area (Å²) in [7, 11) is 0. The van der Waals surface area contributed by atoms with E-state index in [1.165, 1.54) is 0 Å². The molecule has 0 bridgehead atoms. The van der Waals surface area contributed by atoms with Gasteiger partial charge >= 0.3 is 0 Å². The first kappa shape index (κ1) is 6.14. The van der Waals surface area contributed by atoms with Crippen molar-refractivity contribution >= 4 is 5.69 Å². The highest BCUT2D eigenvalue weighted by molar-refractivity contribution is 5.47. The number of hydrogen-bond acceptors (Lipinski definition) is 1. The van der Waals surface area contributed by atoms with Gasteiger partial charge in [0.15, 0.2) is 0 Å². The molecule has 0 heterocycles. The molecule has 0 amide bonds. The summed E-state index contributed by atoms with van der Waals surface area (Å²) in [5.74, 6) is 0. The van der Waals surface area contributed by atoms with Gasteiger partial charge in [-0.2, -0.15) is 0 Å². The standard InChI is InChI=1S/C8H10N/c1-6-3-4-7(2)8(9)5-6/h3,5H,9H2,1-2H3. The Morgan fingerprint density at radius 1 is 1.44 bits per heavy atom. The van der Waals surface area contributed by atoms with E-state index in [1.54, 1.807) is 0 Å². The van der Waals surface area contributed by atoms with Gasteiger partial charge in [-0.05, 0) is 37.1 Å². The molecule has 1 aromatic rings. The fourth-order valence-corrected chi connectivity index (χ4v) is 0.701. The SMILES string of the molecule is Cc1c[c]c(C)c(N)c1. The lowest BCUT2D eigenvalue weighted by atomic mass is 10.1. The molecular formula is C8H10N. The Balaban J connectivity index is 3.17. The third kappa shape index (κ3) is 1.22. The Morgan fingerprint density at radius 3 is 2.56 bits per heavy atom. The highest BCUT2D eigenvalue weighted by Crippen LogP contribution is 2.10. The van der Waals surface area contributed by atoms with Crippen molar-refractivity contribution in [1.82, 2.24) is 0 Å². The molecule has 1 aromatic carbocycles. The first-order valence-electron chi connectivity index (χ1n) is 2.94. The van der Waals surface area contributed by atoms with Gasteiger partial charge < -0.3 is 5.73 Å². The second-order valence-electron chi connectivity index (χ2n) is 2.26. The number of hydrogen-bond donors (Lipinski definition) is 1. The minimum atomic E-state index is 0.829. The van der Waals surface area contributed by atoms with Crippen LogP contribution in [0.3, 0.4) is 0 Å². The first-order valence-corrected chi connectivity index (χ1v) is 2.94. The third-order valence-electron chi connectivity index (χ3n) is 1.33. The molecule has 47 valence electrons. The van der Waals surface area contributed by atoms with Gasteiger partial charge in [-0.1, -0.05) is 6.07 Å². The Morgan fingerprint density at radius 2 is 2.11 bits per heavy atom. The van der Waals surface area contributed by atoms with Crippen LogP contribution in [0.4, 0.5) is 5.69 Å². The van der Waals surface area contributed by atoms with Gasteiger partial charge in [-0.15, -0.1) is 0 Å². The van der Waals surface area contributed by atoms with Crippen molar-refractivity contribution in [3.8, 4) is 0 Å². The van der Waals surface area contributed by atoms with Crippen molar-refractivity contribution < 1.29 is 0 Å². The molecule has 0 saturated heterocycles. The van der Waals surface area contributed by atoms with E-state index in [-0.39, 0.29) is 0 Å². The molecule has 1 nitrogen and oxygen atoms in total. The zero-order valence-corrected chi connectivity index (χ0v) is 5.73. The number of aryl methyl sites for hydroxylation is 2. The van der Waals surface area contributed by atoms with Gasteiger partial charge in [0, 0.05) is 5.69 Å². The predicted octanol–water partition coefficient (Wildman–Crippen LogP) is 1.69. The molecule has 0 aliphatic heterocycles. The topological polar surface area (TPSA) is 26.0 Å². The molecule has 0 aromatic heterocycles. The molecule has 0 aliphatic rings. The smallest absolute Gasteiger partial charge is 0.0352 e. The number of nitrogens with two attached hydrogens (primary N) is 1. The van der Waals surface area contributed by atoms with Gasteiger partial charge in [0.25, 0.3) is 0 Å². The summed E-state index contributed by atoms with van der Waals surface area (Å²) >= 11 is 0. The molecular weight excluding hydrogens is 110 g/mol. The lowest BCUT2D eigenvalue weighted by molar-refractivity contribution is 1.39. The summed E-state index contributed by atoms with van der Waals surface area (Å²) < 4.78 is 0. The molecule has 1 radical (unpaired) electrons. The number of rotatable bonds is 0. The lowest BCUT2D eigenvalue weighted by Gasteiger charge is -1.97. The van der Waals surface area contributed by atoms with Crippen molar-refractivity contribution in [2.24, 2.45) is 0 Å². The minimum Gasteiger partial charge on any atom is -0.398 e. The van der Waals surface area contributed by atoms with Crippen LogP contribution < -0.4 is 5.73 Å². The van der Waals surface area contributed by atoms with Crippen molar-refractivity contribution in [2.45, 2.75) is 13.8 Å². The maximum atomic E-state index is 5.59. The Kier molecular flexibility index (Phi) is 1.43. The van der Waals surface area contributed by atoms with Gasteiger partial charge in [0.1, 0.15) is 0 Å². The molecule has 0 spiro atoms. The third-order valence-corrected chi connectivity index (χ3v) is 1.33. The predicted molar refractivity (Wildman–Crippen MR) is 39.2 cm³/mol. The van der Waals surface area contributed by atoms with Gasteiger partial charge in [-0.25, -0.2) is 0 Å². The van der Waals surface area contributed by atoms with E-state index in [1.807, 2.05) is 26.0 Å². The van der Waals surface area contributed by atoms with Crippen LogP contribution >= 0.6 is 0 Å². The molecule has 0 unspecified atom stereocenters. The van der Waals surface area contributed by atoms with Crippen molar-refractivity contribution in [1.29, 1.82) is 0 Å². The average Bonchev–Trinajstić information content (AvgIpc) is 1.80. The van der Waals surface area contributed by atoms with Gasteiger partial charge in [-0.3, -0.25) is 0 Å². The molecule has 2 N–H and O–H groups in total. The summed E-state index contributed by atoms with van der Waals surface area (Å²) in [6, 6.07) is 6.93. The molecule has 0 saturated carbocycles. The van der Waals surface area contributed by atoms with Crippen LogP contribution in [0.1, 0.15) is 11.1 Å². The first-order chi connectivity index (χ1) is 4.20. The second-order valence-corrected chi connectivity index (χ2v) is 2.26. The van der Waals surface area contributed by atoms with E-state index in [2.05, 4.69) is 6.07 Å². The Bertz CT molecular complexity index is 216. The number of benzene rings is 1. The van der Waals surface area contributed by atoms with E-state index in [4.69, 9.17) is 5.73 Å². The zero-order chi connectivity index (χ0) is 6.85. The molecule has 0 atom stereocenters. The molecule has 1 rings (SSSR count). The number of nitrogen functional groups attached to an aromatic ring is 1. The maximum Gasteiger partial charge on any atom is 0.0352 e. The fourth-order valence-electron chi connectivity index (χ4n) is 0.701. The van der Waals surface area contributed by atoms with Crippen LogP contribution in [0.5, 0.6) is 0 Å². The average molecular weight is 120 g/mol. The second kappa shape index (κ2) is 2.09. The molecule has 1 heteroatoms. The Labute approximate surface area is 55.5 Å². The van der Waals surface area contributed by atoms with Crippen molar-refractivity contribution in [2.75, 3.05) is 5.73 Å². The highest BCUT2D eigenvalue weighted by Gasteiger charge is 1.90. The summed E-state index contributed by atoms with van der Waals surface area (Å²) in [4.78, 5) is 0. The van der Waals surface area contributed by atoms with Crippen LogP contribution in [-0.4, -0.2) is 0 Å². The van der Waals surface area contributed by atoms with E-state index < -0.39 is 0 Å². The molecule has 9 heavy (non-hydrogen) atoms. The van der Waals surface area contributed by atoms with Crippen LogP contribution in [-0.2, 0) is 0 Å². The Hall–Kier alpha value is -0.980. The zero-order valence-electron chi connectivity index (χ0n) is 5.73. The van der Waals surface area contributed by atoms with E-state index in [9.17, 15) is 0 Å². The summed E-state index contributed by atoms with van der Waals surface area (Å²) in [6.45, 7) is 3.96. The lowest BCUT2D eigenvalue weighted by Crippen LogP contribution is -1.89. The monoisotopic (exact) mass is 120 g/mol. The van der Waals surface area contributed by atoms with Crippen LogP contribution in [0.15, 0.2) is 12.1 Å². The van der Waals surface area contributed by atoms with Gasteiger partial charge in [0.2, 0.25) is 0 Å². The van der Waals surface area contributed by atoms with Crippen LogP contribution in [0.2, 0.25) is 0 Å². The van der Waals surface area contributed by atoms with Crippen molar-refractivity contribution in [3.63, 3.8) is 0 Å². The van der Waals surface area contributed by atoms with E-state index >= 15 is 0 Å². The highest BCUT2D eigenvalue weighted by atomic mass is 14.5.